The Kier molecular flexibility index (Phi) is 13.4. The summed E-state index contributed by atoms with van der Waals surface area (Å²) >= 11 is 12.4. The van der Waals surface area contributed by atoms with Crippen LogP contribution in [0.5, 0.6) is 35.0 Å². The first-order chi connectivity index (χ1) is 27.0. The predicted molar refractivity (Wildman–Crippen MR) is 205 cm³/mol. The molecule has 56 heavy (non-hydrogen) atoms. The number of nitriles is 2. The minimum atomic E-state index is -0.930. The second kappa shape index (κ2) is 18.4. The van der Waals surface area contributed by atoms with Crippen LogP contribution in [0.4, 0.5) is 0 Å². The number of hydrogen-bond acceptors (Lipinski definition) is 14. The fraction of sp³-hybridized carbons (Fsp3) is 0.342. The van der Waals surface area contributed by atoms with Crippen LogP contribution in [0.25, 0.3) is 0 Å². The molecule has 0 spiro atoms. The molecule has 0 bridgehead atoms. The van der Waals surface area contributed by atoms with Gasteiger partial charge in [-0.3, -0.25) is 4.79 Å². The first-order valence-corrected chi connectivity index (χ1v) is 18.7. The average Bonchev–Trinajstić information content (AvgIpc) is 3.66. The van der Waals surface area contributed by atoms with Crippen molar-refractivity contribution in [2.24, 2.45) is 0 Å². The number of aliphatic hydroxyl groups is 1. The quantitative estimate of drug-likeness (QED) is 0.106. The van der Waals surface area contributed by atoms with Crippen molar-refractivity contribution in [3.8, 4) is 47.2 Å². The smallest absolute Gasteiger partial charge is 0.477 e. The largest absolute Gasteiger partial charge is 0.491 e. The molecule has 0 amide bonds. The number of aromatic nitrogens is 2. The topological polar surface area (TPSA) is 206 Å². The fourth-order valence-electron chi connectivity index (χ4n) is 5.78. The maximum Gasteiger partial charge on any atom is 0.491 e. The lowest BCUT2D eigenvalue weighted by Gasteiger charge is -2.12. The van der Waals surface area contributed by atoms with Crippen molar-refractivity contribution in [2.45, 2.75) is 70.7 Å². The number of benzene rings is 2. The Morgan fingerprint density at radius 3 is 1.73 bits per heavy atom. The second-order valence-corrected chi connectivity index (χ2v) is 14.1. The number of nitrogens with zero attached hydrogens (tertiary/aromatic N) is 4. The van der Waals surface area contributed by atoms with Gasteiger partial charge < -0.3 is 43.4 Å². The molecule has 1 fully saturated rings. The third-order valence-electron chi connectivity index (χ3n) is 9.13. The van der Waals surface area contributed by atoms with Gasteiger partial charge >= 0.3 is 14.2 Å². The molecule has 7 rings (SSSR count). The molecule has 1 aliphatic carbocycles. The summed E-state index contributed by atoms with van der Waals surface area (Å²) in [6.07, 6.45) is 4.42. The molecule has 0 atom stereocenters. The Hall–Kier alpha value is -4.90. The van der Waals surface area contributed by atoms with Gasteiger partial charge in [0.25, 0.3) is 0 Å². The summed E-state index contributed by atoms with van der Waals surface area (Å²) in [6, 6.07) is 17.2. The Morgan fingerprint density at radius 1 is 0.804 bits per heavy atom. The molecule has 3 aliphatic rings. The van der Waals surface area contributed by atoms with E-state index in [1.807, 2.05) is 19.1 Å². The number of carbonyl (C=O) groups excluding carboxylic acids is 1. The zero-order valence-corrected chi connectivity index (χ0v) is 31.8. The molecule has 0 unspecified atom stereocenters. The van der Waals surface area contributed by atoms with Crippen molar-refractivity contribution in [3.63, 3.8) is 0 Å². The van der Waals surface area contributed by atoms with E-state index in [9.17, 15) is 30.5 Å². The highest BCUT2D eigenvalue weighted by Crippen LogP contribution is 2.39. The van der Waals surface area contributed by atoms with Crippen LogP contribution in [0, 0.1) is 22.7 Å². The lowest BCUT2D eigenvalue weighted by Crippen LogP contribution is -2.27. The molecule has 1 saturated carbocycles. The van der Waals surface area contributed by atoms with Gasteiger partial charge in [0, 0.05) is 12.8 Å². The second-order valence-electron chi connectivity index (χ2n) is 13.3. The minimum Gasteiger partial charge on any atom is -0.477 e. The van der Waals surface area contributed by atoms with Crippen LogP contribution in [0.3, 0.4) is 0 Å². The number of carbonyl (C=O) groups is 1. The van der Waals surface area contributed by atoms with Crippen LogP contribution in [0.1, 0.15) is 74.1 Å². The van der Waals surface area contributed by atoms with E-state index in [2.05, 4.69) is 9.97 Å². The van der Waals surface area contributed by atoms with Gasteiger partial charge in [0.05, 0.1) is 32.0 Å². The van der Waals surface area contributed by atoms with Crippen molar-refractivity contribution in [2.75, 3.05) is 13.2 Å². The molecule has 0 saturated heterocycles. The summed E-state index contributed by atoms with van der Waals surface area (Å²) in [5.41, 5.74) is 2.90. The van der Waals surface area contributed by atoms with Crippen LogP contribution >= 0.6 is 23.2 Å². The number of rotatable bonds is 15. The van der Waals surface area contributed by atoms with E-state index in [0.717, 1.165) is 24.0 Å². The van der Waals surface area contributed by atoms with E-state index >= 15 is 0 Å². The van der Waals surface area contributed by atoms with Crippen LogP contribution in [0.2, 0.25) is 10.0 Å². The first-order valence-electron chi connectivity index (χ1n) is 17.9. The lowest BCUT2D eigenvalue weighted by molar-refractivity contribution is -0.119. The van der Waals surface area contributed by atoms with Gasteiger partial charge in [-0.15, -0.1) is 0 Å². The summed E-state index contributed by atoms with van der Waals surface area (Å²) in [5.74, 6) is 1.57. The molecule has 18 heteroatoms. The van der Waals surface area contributed by atoms with Crippen molar-refractivity contribution in [3.05, 3.63) is 80.8 Å². The van der Waals surface area contributed by atoms with Crippen molar-refractivity contribution in [1.29, 1.82) is 10.5 Å². The SMILES string of the molecule is CCC(=O)CCCOc1nc(Oc2ccc3c(c2)COB3O)c(Cl)cc1C#N.N#Cc1cc(Cl)c(Oc2ccc3c(c2)COB3O)nc1OCCCC1(O)CC1. The third kappa shape index (κ3) is 10.3. The van der Waals surface area contributed by atoms with E-state index in [1.165, 1.54) is 12.1 Å². The number of Topliss-reactive ketones (excluding diaryl/α,β-unsaturated/α-hetero) is 1. The molecule has 2 aromatic carbocycles. The van der Waals surface area contributed by atoms with E-state index in [0.29, 0.717) is 67.7 Å². The minimum absolute atomic E-state index is 0.0970. The zero-order chi connectivity index (χ0) is 39.8. The summed E-state index contributed by atoms with van der Waals surface area (Å²) in [5, 5.41) is 48.2. The fourth-order valence-corrected chi connectivity index (χ4v) is 6.16. The number of ketones is 1. The summed E-state index contributed by atoms with van der Waals surface area (Å²) in [4.78, 5) is 19.8. The molecule has 2 aliphatic heterocycles. The molecule has 2 aromatic heterocycles. The summed E-state index contributed by atoms with van der Waals surface area (Å²) in [7, 11) is -1.85. The Bertz CT molecular complexity index is 2180. The highest BCUT2D eigenvalue weighted by atomic mass is 35.5. The predicted octanol–water partition coefficient (Wildman–Crippen LogP) is 5.06. The monoisotopic (exact) mass is 800 g/mol. The van der Waals surface area contributed by atoms with Crippen LogP contribution in [0.15, 0.2) is 48.5 Å². The first kappa shape index (κ1) is 40.8. The molecule has 3 N–H and O–H groups in total. The Morgan fingerprint density at radius 2 is 1.29 bits per heavy atom. The normalized spacial score (nSPS) is 14.4. The molecule has 4 aromatic rings. The van der Waals surface area contributed by atoms with Gasteiger partial charge in [-0.25, -0.2) is 0 Å². The number of halogens is 2. The van der Waals surface area contributed by atoms with Crippen LogP contribution < -0.4 is 29.9 Å². The van der Waals surface area contributed by atoms with Gasteiger partial charge in [-0.1, -0.05) is 42.3 Å². The average molecular weight is 801 g/mol. The van der Waals surface area contributed by atoms with Crippen molar-refractivity contribution < 1.29 is 48.2 Å². The van der Waals surface area contributed by atoms with Gasteiger partial charge in [0.15, 0.2) is 0 Å². The Labute approximate surface area is 333 Å². The van der Waals surface area contributed by atoms with Gasteiger partial charge in [-0.05, 0) is 90.6 Å². The highest BCUT2D eigenvalue weighted by molar-refractivity contribution is 6.62. The van der Waals surface area contributed by atoms with Crippen molar-refractivity contribution >= 4 is 54.1 Å². The van der Waals surface area contributed by atoms with E-state index in [4.69, 9.17) is 51.5 Å². The van der Waals surface area contributed by atoms with Crippen molar-refractivity contribution in [1.82, 2.24) is 9.97 Å². The number of pyridine rings is 2. The van der Waals surface area contributed by atoms with Crippen LogP contribution in [-0.4, -0.2) is 64.0 Å². The maximum atomic E-state index is 11.4. The standard InChI is InChI=1S/2C19H18BClN2O5/c21-16-9-12(10-22)17(26-7-1-4-19(24)5-6-19)23-18(16)28-14-2-3-15-13(8-14)11-27-20(15)25;1-2-14(24)4-3-7-26-18-12(10-22)9-17(21)19(23-18)28-15-5-6-16-13(8-15)11-27-20(16)25/h2-3,8-9,24-25H,1,4-7,11H2;5-6,8-9,25H,2-4,7,11H2,1H3. The molecule has 4 heterocycles. The number of hydrogen-bond donors (Lipinski definition) is 3. The van der Waals surface area contributed by atoms with E-state index in [-0.39, 0.29) is 63.7 Å². The van der Waals surface area contributed by atoms with Gasteiger partial charge in [-0.2, -0.15) is 20.5 Å². The summed E-state index contributed by atoms with van der Waals surface area (Å²) in [6.45, 7) is 2.98. The lowest BCUT2D eigenvalue weighted by atomic mass is 9.80. The molecule has 0 radical (unpaired) electrons. The van der Waals surface area contributed by atoms with Gasteiger partial charge in [0.2, 0.25) is 23.5 Å². The van der Waals surface area contributed by atoms with E-state index in [1.54, 1.807) is 36.4 Å². The Balaban J connectivity index is 0.000000190. The highest BCUT2D eigenvalue weighted by Gasteiger charge is 2.39. The van der Waals surface area contributed by atoms with E-state index < -0.39 is 19.8 Å². The number of fused-ring (bicyclic) bond motifs is 2. The number of ether oxygens (including phenoxy) is 4. The molecular weight excluding hydrogens is 765 g/mol. The molecular formula is C38H36B2Cl2N4O10. The molecule has 288 valence electrons. The van der Waals surface area contributed by atoms with Crippen LogP contribution in [-0.2, 0) is 27.3 Å². The third-order valence-corrected chi connectivity index (χ3v) is 9.67. The van der Waals surface area contributed by atoms with Gasteiger partial charge in [0.1, 0.15) is 50.6 Å². The maximum absolute atomic E-state index is 11.4. The summed E-state index contributed by atoms with van der Waals surface area (Å²) < 4.78 is 33.1. The molecule has 14 nitrogen and oxygen atoms in total. The zero-order valence-electron chi connectivity index (χ0n) is 30.3.